The quantitative estimate of drug-likeness (QED) is 0.632. The zero-order valence-corrected chi connectivity index (χ0v) is 14.5. The number of rotatable bonds is 5. The summed E-state index contributed by atoms with van der Waals surface area (Å²) in [5.41, 5.74) is -0.485. The van der Waals surface area contributed by atoms with E-state index in [0.29, 0.717) is 5.82 Å². The van der Waals surface area contributed by atoms with Crippen LogP contribution in [0.4, 0.5) is 0 Å². The molecular formula is C15H17N5O4S. The number of H-pyrrole nitrogens is 1. The standard InChI is InChI=1S/C15H17N5O4S/c1-19-13-12(14(21)20(2)15(19)22)17-11(18-13)8-9-16-25(23,24)10-6-4-3-5-7-10/h3-7,16H,8-9H2,1-2H3,(H,17,18). The van der Waals surface area contributed by atoms with E-state index in [1.54, 1.807) is 18.2 Å². The highest BCUT2D eigenvalue weighted by Crippen LogP contribution is 2.08. The molecule has 2 aromatic heterocycles. The van der Waals surface area contributed by atoms with Gasteiger partial charge in [-0.2, -0.15) is 0 Å². The summed E-state index contributed by atoms with van der Waals surface area (Å²) in [6.07, 6.45) is 0.248. The fraction of sp³-hybridized carbons (Fsp3) is 0.267. The number of nitrogens with one attached hydrogen (secondary N) is 2. The molecule has 2 heterocycles. The van der Waals surface area contributed by atoms with Crippen molar-refractivity contribution < 1.29 is 8.42 Å². The fourth-order valence-electron chi connectivity index (χ4n) is 2.48. The Kier molecular flexibility index (Phi) is 4.31. The smallest absolute Gasteiger partial charge is 0.332 e. The largest absolute Gasteiger partial charge is 0.336 e. The van der Waals surface area contributed by atoms with Crippen LogP contribution in [0.15, 0.2) is 44.8 Å². The molecule has 0 fully saturated rings. The molecule has 0 spiro atoms. The molecule has 9 nitrogen and oxygen atoms in total. The molecular weight excluding hydrogens is 346 g/mol. The molecule has 3 rings (SSSR count). The van der Waals surface area contributed by atoms with Gasteiger partial charge in [-0.15, -0.1) is 0 Å². The van der Waals surface area contributed by atoms with Gasteiger partial charge in [-0.05, 0) is 12.1 Å². The summed E-state index contributed by atoms with van der Waals surface area (Å²) >= 11 is 0. The molecule has 10 heteroatoms. The lowest BCUT2D eigenvalue weighted by atomic mass is 10.4. The van der Waals surface area contributed by atoms with E-state index < -0.39 is 21.3 Å². The molecule has 0 aliphatic carbocycles. The molecule has 2 N–H and O–H groups in total. The number of nitrogens with zero attached hydrogens (tertiary/aromatic N) is 3. The Morgan fingerprint density at radius 2 is 1.80 bits per heavy atom. The van der Waals surface area contributed by atoms with Crippen molar-refractivity contribution in [2.45, 2.75) is 11.3 Å². The first-order valence-electron chi connectivity index (χ1n) is 7.50. The molecule has 0 aliphatic rings. The highest BCUT2D eigenvalue weighted by Gasteiger charge is 2.15. The van der Waals surface area contributed by atoms with Crippen molar-refractivity contribution in [1.29, 1.82) is 0 Å². The molecule has 0 aliphatic heterocycles. The van der Waals surface area contributed by atoms with E-state index >= 15 is 0 Å². The van der Waals surface area contributed by atoms with Gasteiger partial charge in [0.25, 0.3) is 5.56 Å². The number of aryl methyl sites for hydroxylation is 1. The lowest BCUT2D eigenvalue weighted by Crippen LogP contribution is -2.36. The first-order chi connectivity index (χ1) is 11.8. The predicted octanol–water partition coefficient (Wildman–Crippen LogP) is -0.519. The number of aromatic nitrogens is 4. The van der Waals surface area contributed by atoms with Crippen LogP contribution in [-0.4, -0.2) is 34.1 Å². The van der Waals surface area contributed by atoms with Gasteiger partial charge in [0.2, 0.25) is 10.0 Å². The van der Waals surface area contributed by atoms with Crippen molar-refractivity contribution in [3.63, 3.8) is 0 Å². The van der Waals surface area contributed by atoms with Gasteiger partial charge in [0.1, 0.15) is 11.3 Å². The normalized spacial score (nSPS) is 11.9. The first-order valence-corrected chi connectivity index (χ1v) is 8.99. The fourth-order valence-corrected chi connectivity index (χ4v) is 3.53. The van der Waals surface area contributed by atoms with Crippen molar-refractivity contribution in [2.24, 2.45) is 14.1 Å². The van der Waals surface area contributed by atoms with E-state index in [4.69, 9.17) is 0 Å². The van der Waals surface area contributed by atoms with Crippen LogP contribution >= 0.6 is 0 Å². The highest BCUT2D eigenvalue weighted by atomic mass is 32.2. The van der Waals surface area contributed by atoms with Crippen LogP contribution in [0.2, 0.25) is 0 Å². The van der Waals surface area contributed by atoms with Gasteiger partial charge in [0, 0.05) is 27.1 Å². The molecule has 25 heavy (non-hydrogen) atoms. The molecule has 0 unspecified atom stereocenters. The second-order valence-corrected chi connectivity index (χ2v) is 7.32. The van der Waals surface area contributed by atoms with Gasteiger partial charge in [-0.25, -0.2) is 22.9 Å². The molecule has 0 atom stereocenters. The second-order valence-electron chi connectivity index (χ2n) is 5.55. The molecule has 1 aromatic carbocycles. The van der Waals surface area contributed by atoms with E-state index in [1.165, 1.54) is 30.8 Å². The van der Waals surface area contributed by atoms with Crippen molar-refractivity contribution in [1.82, 2.24) is 23.8 Å². The molecule has 3 aromatic rings. The van der Waals surface area contributed by atoms with Gasteiger partial charge in [0.15, 0.2) is 5.65 Å². The van der Waals surface area contributed by atoms with Crippen LogP contribution in [-0.2, 0) is 30.5 Å². The molecule has 132 valence electrons. The number of imidazole rings is 1. The minimum absolute atomic E-state index is 0.102. The third-order valence-electron chi connectivity index (χ3n) is 3.85. The average molecular weight is 363 g/mol. The summed E-state index contributed by atoms with van der Waals surface area (Å²) < 4.78 is 29.0. The maximum absolute atomic E-state index is 12.2. The van der Waals surface area contributed by atoms with Crippen LogP contribution in [0.5, 0.6) is 0 Å². The number of sulfonamides is 1. The second kappa shape index (κ2) is 6.30. The Hall–Kier alpha value is -2.72. The number of hydrogen-bond acceptors (Lipinski definition) is 5. The average Bonchev–Trinajstić information content (AvgIpc) is 3.03. The molecule has 0 saturated carbocycles. The zero-order valence-electron chi connectivity index (χ0n) is 13.7. The first kappa shape index (κ1) is 17.1. The van der Waals surface area contributed by atoms with Gasteiger partial charge in [-0.3, -0.25) is 13.9 Å². The summed E-state index contributed by atoms with van der Waals surface area (Å²) in [6, 6.07) is 8.03. The summed E-state index contributed by atoms with van der Waals surface area (Å²) in [6.45, 7) is 0.102. The van der Waals surface area contributed by atoms with Crippen molar-refractivity contribution in [2.75, 3.05) is 6.54 Å². The minimum Gasteiger partial charge on any atom is -0.336 e. The van der Waals surface area contributed by atoms with E-state index in [9.17, 15) is 18.0 Å². The van der Waals surface area contributed by atoms with Crippen LogP contribution < -0.4 is 16.0 Å². The highest BCUT2D eigenvalue weighted by molar-refractivity contribution is 7.89. The van der Waals surface area contributed by atoms with Crippen LogP contribution in [0, 0.1) is 0 Å². The Bertz CT molecular complexity index is 1140. The summed E-state index contributed by atoms with van der Waals surface area (Å²) in [5.74, 6) is 0.420. The van der Waals surface area contributed by atoms with Gasteiger partial charge >= 0.3 is 5.69 Å². The van der Waals surface area contributed by atoms with Gasteiger partial charge in [-0.1, -0.05) is 18.2 Å². The number of fused-ring (bicyclic) bond motifs is 1. The van der Waals surface area contributed by atoms with Crippen molar-refractivity contribution in [3.05, 3.63) is 57.0 Å². The molecule has 0 bridgehead atoms. The maximum atomic E-state index is 12.2. The van der Waals surface area contributed by atoms with E-state index in [-0.39, 0.29) is 29.0 Å². The summed E-state index contributed by atoms with van der Waals surface area (Å²) in [7, 11) is -0.695. The maximum Gasteiger partial charge on any atom is 0.332 e. The predicted molar refractivity (Wildman–Crippen MR) is 91.9 cm³/mol. The van der Waals surface area contributed by atoms with Gasteiger partial charge in [0.05, 0.1) is 4.90 Å². The van der Waals surface area contributed by atoms with E-state index in [0.717, 1.165) is 4.57 Å². The van der Waals surface area contributed by atoms with Crippen LogP contribution in [0.3, 0.4) is 0 Å². The van der Waals surface area contributed by atoms with Crippen molar-refractivity contribution >= 4 is 21.2 Å². The summed E-state index contributed by atoms with van der Waals surface area (Å²) in [5, 5.41) is 0. The molecule has 0 saturated heterocycles. The lowest BCUT2D eigenvalue weighted by molar-refractivity contribution is 0.581. The Morgan fingerprint density at radius 3 is 2.48 bits per heavy atom. The van der Waals surface area contributed by atoms with Gasteiger partial charge < -0.3 is 4.98 Å². The van der Waals surface area contributed by atoms with E-state index in [2.05, 4.69) is 14.7 Å². The zero-order chi connectivity index (χ0) is 18.2. The van der Waals surface area contributed by atoms with Crippen LogP contribution in [0.25, 0.3) is 11.2 Å². The Morgan fingerprint density at radius 1 is 1.12 bits per heavy atom. The summed E-state index contributed by atoms with van der Waals surface area (Å²) in [4.78, 5) is 31.3. The minimum atomic E-state index is -3.60. The SMILES string of the molecule is Cn1c(=O)c2[nH]c(CCNS(=O)(=O)c3ccccc3)nc2n(C)c1=O. The molecule has 0 amide bonds. The number of hydrogen-bond donors (Lipinski definition) is 2. The third kappa shape index (κ3) is 3.13. The number of aromatic amines is 1. The van der Waals surface area contributed by atoms with E-state index in [1.807, 2.05) is 0 Å². The third-order valence-corrected chi connectivity index (χ3v) is 5.33. The lowest BCUT2D eigenvalue weighted by Gasteiger charge is -2.05. The number of benzene rings is 1. The molecule has 0 radical (unpaired) electrons. The monoisotopic (exact) mass is 363 g/mol. The Labute approximate surface area is 143 Å². The Balaban J connectivity index is 1.81. The topological polar surface area (TPSA) is 119 Å². The van der Waals surface area contributed by atoms with Crippen LogP contribution in [0.1, 0.15) is 5.82 Å². The van der Waals surface area contributed by atoms with Crippen molar-refractivity contribution in [3.8, 4) is 0 Å².